The summed E-state index contributed by atoms with van der Waals surface area (Å²) in [6.07, 6.45) is 0. The molecule has 0 amide bonds. The molecule has 100 valence electrons. The molecule has 18 heavy (non-hydrogen) atoms. The van der Waals surface area contributed by atoms with Crippen LogP contribution in [-0.2, 0) is 0 Å². The van der Waals surface area contributed by atoms with Gasteiger partial charge in [-0.2, -0.15) is 15.0 Å². The average Bonchev–Trinajstić information content (AvgIpc) is 2.60. The lowest BCUT2D eigenvalue weighted by Crippen LogP contribution is -2.18. The number of nitrogens with one attached hydrogen (secondary N) is 1. The number of nitrogens with zero attached hydrogens (tertiary/aromatic N) is 4. The first-order valence-corrected chi connectivity index (χ1v) is 6.11. The van der Waals surface area contributed by atoms with Crippen molar-refractivity contribution in [2.45, 2.75) is 33.7 Å². The van der Waals surface area contributed by atoms with Crippen LogP contribution in [0, 0.1) is 10.8 Å². The van der Waals surface area contributed by atoms with Gasteiger partial charge in [-0.05, 0) is 10.8 Å². The van der Waals surface area contributed by atoms with Crippen molar-refractivity contribution in [3.8, 4) is 0 Å². The van der Waals surface area contributed by atoms with Crippen LogP contribution in [0.1, 0.15) is 27.7 Å². The highest BCUT2D eigenvalue weighted by molar-refractivity contribution is 5.44. The van der Waals surface area contributed by atoms with E-state index in [4.69, 9.17) is 5.73 Å². The van der Waals surface area contributed by atoms with Crippen LogP contribution in [0.15, 0.2) is 0 Å². The zero-order chi connectivity index (χ0) is 13.7. The molecule has 1 aromatic heterocycles. The Morgan fingerprint density at radius 2 is 1.61 bits per heavy atom. The lowest BCUT2D eigenvalue weighted by atomic mass is 10.0. The van der Waals surface area contributed by atoms with Crippen LogP contribution in [0.25, 0.3) is 0 Å². The quantitative estimate of drug-likeness (QED) is 0.843. The van der Waals surface area contributed by atoms with Crippen molar-refractivity contribution in [1.82, 2.24) is 15.0 Å². The van der Waals surface area contributed by atoms with Crippen molar-refractivity contribution in [2.24, 2.45) is 10.8 Å². The third kappa shape index (κ3) is 1.85. The summed E-state index contributed by atoms with van der Waals surface area (Å²) in [7, 11) is 3.76. The summed E-state index contributed by atoms with van der Waals surface area (Å²) in [6, 6.07) is 0.349. The highest BCUT2D eigenvalue weighted by Gasteiger charge is 2.65. The fourth-order valence-corrected chi connectivity index (χ4v) is 2.33. The molecule has 1 aliphatic carbocycles. The Balaban J connectivity index is 2.21. The molecule has 0 unspecified atom stereocenters. The highest BCUT2D eigenvalue weighted by Crippen LogP contribution is 2.63. The van der Waals surface area contributed by atoms with E-state index in [2.05, 4.69) is 48.0 Å². The Kier molecular flexibility index (Phi) is 2.64. The Hall–Kier alpha value is -1.59. The number of hydrogen-bond acceptors (Lipinski definition) is 6. The summed E-state index contributed by atoms with van der Waals surface area (Å²) < 4.78 is 0. The second-order valence-electron chi connectivity index (χ2n) is 6.23. The van der Waals surface area contributed by atoms with Gasteiger partial charge in [0.25, 0.3) is 0 Å². The molecule has 0 atom stereocenters. The maximum absolute atomic E-state index is 5.70. The first-order chi connectivity index (χ1) is 8.16. The van der Waals surface area contributed by atoms with E-state index in [1.807, 2.05) is 19.0 Å². The van der Waals surface area contributed by atoms with Gasteiger partial charge in [0.05, 0.1) is 0 Å². The van der Waals surface area contributed by atoms with Crippen molar-refractivity contribution in [3.63, 3.8) is 0 Å². The van der Waals surface area contributed by atoms with E-state index in [1.54, 1.807) is 0 Å². The minimum Gasteiger partial charge on any atom is -0.368 e. The van der Waals surface area contributed by atoms with Crippen LogP contribution in [0.5, 0.6) is 0 Å². The lowest BCUT2D eigenvalue weighted by molar-refractivity contribution is 0.457. The molecule has 0 spiro atoms. The molecule has 0 bridgehead atoms. The third-order valence-corrected chi connectivity index (χ3v) is 4.34. The zero-order valence-electron chi connectivity index (χ0n) is 11.9. The summed E-state index contributed by atoms with van der Waals surface area (Å²) in [4.78, 5) is 14.4. The van der Waals surface area contributed by atoms with Gasteiger partial charge in [-0.25, -0.2) is 0 Å². The van der Waals surface area contributed by atoms with Crippen LogP contribution < -0.4 is 16.0 Å². The van der Waals surface area contributed by atoms with E-state index in [0.29, 0.717) is 17.9 Å². The molecule has 1 aliphatic rings. The van der Waals surface area contributed by atoms with Gasteiger partial charge >= 0.3 is 0 Å². The fourth-order valence-electron chi connectivity index (χ4n) is 2.33. The molecule has 2 rings (SSSR count). The van der Waals surface area contributed by atoms with Crippen molar-refractivity contribution in [1.29, 1.82) is 0 Å². The van der Waals surface area contributed by atoms with Gasteiger partial charge in [-0.15, -0.1) is 0 Å². The number of aromatic nitrogens is 3. The number of nitrogen functional groups attached to an aromatic ring is 1. The summed E-state index contributed by atoms with van der Waals surface area (Å²) in [5.74, 6) is 1.36. The van der Waals surface area contributed by atoms with Gasteiger partial charge < -0.3 is 16.0 Å². The maximum Gasteiger partial charge on any atom is 0.231 e. The SMILES string of the molecule is CN(C)c1nc(N)nc(NC2C(C)(C)C2(C)C)n1. The minimum atomic E-state index is 0.229. The molecule has 6 heteroatoms. The average molecular weight is 250 g/mol. The topological polar surface area (TPSA) is 80.0 Å². The molecule has 1 saturated carbocycles. The van der Waals surface area contributed by atoms with Crippen LogP contribution >= 0.6 is 0 Å². The molecule has 0 saturated heterocycles. The van der Waals surface area contributed by atoms with Crippen LogP contribution in [0.3, 0.4) is 0 Å². The summed E-state index contributed by atoms with van der Waals surface area (Å²) in [5, 5.41) is 3.36. The van der Waals surface area contributed by atoms with Gasteiger partial charge in [-0.1, -0.05) is 27.7 Å². The molecule has 1 heterocycles. The summed E-state index contributed by atoms with van der Waals surface area (Å²) >= 11 is 0. The van der Waals surface area contributed by atoms with Crippen LogP contribution in [-0.4, -0.2) is 35.1 Å². The van der Waals surface area contributed by atoms with Crippen molar-refractivity contribution >= 4 is 17.8 Å². The van der Waals surface area contributed by atoms with Crippen molar-refractivity contribution in [3.05, 3.63) is 0 Å². The summed E-state index contributed by atoms with van der Waals surface area (Å²) in [5.41, 5.74) is 6.16. The van der Waals surface area contributed by atoms with Crippen molar-refractivity contribution < 1.29 is 0 Å². The minimum absolute atomic E-state index is 0.229. The summed E-state index contributed by atoms with van der Waals surface area (Å²) in [6.45, 7) is 8.95. The zero-order valence-corrected chi connectivity index (χ0v) is 11.9. The molecule has 0 radical (unpaired) electrons. The molecule has 1 fully saturated rings. The van der Waals surface area contributed by atoms with E-state index in [0.717, 1.165) is 0 Å². The van der Waals surface area contributed by atoms with Gasteiger partial charge in [0.15, 0.2) is 0 Å². The van der Waals surface area contributed by atoms with E-state index in [9.17, 15) is 0 Å². The highest BCUT2D eigenvalue weighted by atomic mass is 15.3. The smallest absolute Gasteiger partial charge is 0.231 e. The van der Waals surface area contributed by atoms with E-state index < -0.39 is 0 Å². The van der Waals surface area contributed by atoms with Gasteiger partial charge in [0, 0.05) is 20.1 Å². The van der Waals surface area contributed by atoms with Gasteiger partial charge in [0.1, 0.15) is 0 Å². The number of anilines is 3. The van der Waals surface area contributed by atoms with E-state index in [-0.39, 0.29) is 16.8 Å². The maximum atomic E-state index is 5.70. The lowest BCUT2D eigenvalue weighted by Gasteiger charge is -2.12. The molecule has 0 aliphatic heterocycles. The Morgan fingerprint density at radius 1 is 1.06 bits per heavy atom. The normalized spacial score (nSPS) is 20.6. The van der Waals surface area contributed by atoms with E-state index in [1.165, 1.54) is 0 Å². The predicted octanol–water partition coefficient (Wildman–Crippen LogP) is 1.37. The fraction of sp³-hybridized carbons (Fsp3) is 0.750. The monoisotopic (exact) mass is 250 g/mol. The molecular formula is C12H22N6. The second kappa shape index (κ2) is 3.70. The Labute approximate surface area is 108 Å². The molecular weight excluding hydrogens is 228 g/mol. The first kappa shape index (κ1) is 12.9. The standard InChI is InChI=1S/C12H22N6/c1-11(2)7(12(11,3)4)14-9-15-8(13)16-10(17-9)18(5)6/h7H,1-6H3,(H3,13,14,15,16,17). The molecule has 1 aromatic rings. The number of nitrogens with two attached hydrogens (primary N) is 1. The number of rotatable bonds is 3. The Bertz CT molecular complexity index is 452. The second-order valence-corrected chi connectivity index (χ2v) is 6.23. The van der Waals surface area contributed by atoms with E-state index >= 15 is 0 Å². The molecule has 3 N–H and O–H groups in total. The van der Waals surface area contributed by atoms with Gasteiger partial charge in [0.2, 0.25) is 17.8 Å². The van der Waals surface area contributed by atoms with Gasteiger partial charge in [-0.3, -0.25) is 0 Å². The molecule has 0 aromatic carbocycles. The first-order valence-electron chi connectivity index (χ1n) is 6.11. The number of hydrogen-bond donors (Lipinski definition) is 2. The van der Waals surface area contributed by atoms with Crippen molar-refractivity contribution in [2.75, 3.05) is 30.0 Å². The van der Waals surface area contributed by atoms with Crippen LogP contribution in [0.2, 0.25) is 0 Å². The van der Waals surface area contributed by atoms with Crippen LogP contribution in [0.4, 0.5) is 17.8 Å². The Morgan fingerprint density at radius 3 is 2.06 bits per heavy atom. The largest absolute Gasteiger partial charge is 0.368 e. The molecule has 6 nitrogen and oxygen atoms in total. The third-order valence-electron chi connectivity index (χ3n) is 4.34. The predicted molar refractivity (Wildman–Crippen MR) is 73.5 cm³/mol.